The maximum Gasteiger partial charge on any atom is 0.253 e. The highest BCUT2D eigenvalue weighted by atomic mass is 16.5. The van der Waals surface area contributed by atoms with Crippen LogP contribution < -0.4 is 5.32 Å². The minimum Gasteiger partial charge on any atom is -0.376 e. The Kier molecular flexibility index (Phi) is 6.67. The van der Waals surface area contributed by atoms with Crippen molar-refractivity contribution in [2.45, 2.75) is 46.4 Å². The second-order valence-electron chi connectivity index (χ2n) is 8.17. The summed E-state index contributed by atoms with van der Waals surface area (Å²) >= 11 is 0. The minimum absolute atomic E-state index is 0.00934. The van der Waals surface area contributed by atoms with Crippen LogP contribution in [-0.2, 0) is 35.6 Å². The van der Waals surface area contributed by atoms with Crippen molar-refractivity contribution in [3.8, 4) is 0 Å². The van der Waals surface area contributed by atoms with Gasteiger partial charge in [0.25, 0.3) is 5.91 Å². The highest BCUT2D eigenvalue weighted by molar-refractivity contribution is 5.96. The van der Waals surface area contributed by atoms with E-state index in [-0.39, 0.29) is 11.8 Å². The van der Waals surface area contributed by atoms with E-state index in [0.29, 0.717) is 24.4 Å². The fourth-order valence-electron chi connectivity index (χ4n) is 4.43. The summed E-state index contributed by atoms with van der Waals surface area (Å²) in [5.41, 5.74) is 4.93. The lowest BCUT2D eigenvalue weighted by atomic mass is 10.1. The van der Waals surface area contributed by atoms with E-state index in [1.165, 1.54) is 18.2 Å². The lowest BCUT2D eigenvalue weighted by Crippen LogP contribution is -2.35. The molecular weight excluding hydrogens is 394 g/mol. The van der Waals surface area contributed by atoms with Crippen molar-refractivity contribution in [2.75, 3.05) is 38.1 Å². The number of fused-ring (bicyclic) bond motifs is 1. The summed E-state index contributed by atoms with van der Waals surface area (Å²) in [4.78, 5) is 28.7. The van der Waals surface area contributed by atoms with Crippen LogP contribution in [0.1, 0.15) is 47.6 Å². The predicted octanol–water partition coefficient (Wildman–Crippen LogP) is 2.28. The van der Waals surface area contributed by atoms with Crippen molar-refractivity contribution in [2.24, 2.45) is 0 Å². The molecule has 1 aromatic carbocycles. The van der Waals surface area contributed by atoms with Crippen LogP contribution in [0.5, 0.6) is 0 Å². The fourth-order valence-corrected chi connectivity index (χ4v) is 4.43. The Morgan fingerprint density at radius 2 is 2.06 bits per heavy atom. The zero-order chi connectivity index (χ0) is 21.8. The van der Waals surface area contributed by atoms with E-state index in [2.05, 4.69) is 21.8 Å². The molecule has 1 aromatic heterocycles. The zero-order valence-electron chi connectivity index (χ0n) is 18.4. The molecule has 8 nitrogen and oxygen atoms in total. The van der Waals surface area contributed by atoms with Crippen LogP contribution in [0.25, 0.3) is 0 Å². The Morgan fingerprint density at radius 1 is 1.19 bits per heavy atom. The molecule has 0 spiro atoms. The first kappa shape index (κ1) is 21.5. The van der Waals surface area contributed by atoms with Crippen LogP contribution in [0.3, 0.4) is 0 Å². The summed E-state index contributed by atoms with van der Waals surface area (Å²) in [7, 11) is 0. The van der Waals surface area contributed by atoms with Crippen molar-refractivity contribution in [1.29, 1.82) is 0 Å². The standard InChI is InChI=1S/C23H31N5O3/c1-3-28-22-8-13-31-16-20(22)21(25-28)15-26-9-5-10-27(12-11-26)23(30)18-6-4-7-19(14-18)24-17(2)29/h4,6-7,14H,3,5,8-13,15-16H2,1-2H3,(H,24,29). The Labute approximate surface area is 183 Å². The molecule has 1 N–H and O–H groups in total. The molecule has 0 saturated carbocycles. The SMILES string of the molecule is CCn1nc(CN2CCCN(C(=O)c3cccc(NC(C)=O)c3)CC2)c2c1CCOC2. The number of amides is 2. The number of nitrogens with one attached hydrogen (secondary N) is 1. The number of hydrogen-bond acceptors (Lipinski definition) is 5. The van der Waals surface area contributed by atoms with E-state index in [1.54, 1.807) is 24.3 Å². The molecule has 2 aliphatic heterocycles. The Morgan fingerprint density at radius 3 is 2.87 bits per heavy atom. The molecule has 4 rings (SSSR count). The molecular formula is C23H31N5O3. The second kappa shape index (κ2) is 9.62. The van der Waals surface area contributed by atoms with Gasteiger partial charge in [-0.3, -0.25) is 19.2 Å². The number of nitrogens with zero attached hydrogens (tertiary/aromatic N) is 4. The molecule has 0 radical (unpaired) electrons. The topological polar surface area (TPSA) is 79.7 Å². The van der Waals surface area contributed by atoms with Gasteiger partial charge in [0.2, 0.25) is 5.91 Å². The maximum absolute atomic E-state index is 13.1. The van der Waals surface area contributed by atoms with Crippen LogP contribution in [0.15, 0.2) is 24.3 Å². The average molecular weight is 426 g/mol. The van der Waals surface area contributed by atoms with E-state index in [1.807, 2.05) is 4.90 Å². The Bertz CT molecular complexity index is 955. The number of rotatable bonds is 5. The van der Waals surface area contributed by atoms with Crippen LogP contribution in [0, 0.1) is 0 Å². The minimum atomic E-state index is -0.145. The smallest absolute Gasteiger partial charge is 0.253 e. The highest BCUT2D eigenvalue weighted by Crippen LogP contribution is 2.23. The number of benzene rings is 1. The summed E-state index contributed by atoms with van der Waals surface area (Å²) in [5.74, 6) is -0.136. The molecule has 0 unspecified atom stereocenters. The van der Waals surface area contributed by atoms with Gasteiger partial charge in [0, 0.05) is 75.1 Å². The summed E-state index contributed by atoms with van der Waals surface area (Å²) in [6.45, 7) is 9.82. The van der Waals surface area contributed by atoms with Crippen molar-refractivity contribution >= 4 is 17.5 Å². The largest absolute Gasteiger partial charge is 0.376 e. The average Bonchev–Trinajstić information content (AvgIpc) is 2.95. The van der Waals surface area contributed by atoms with E-state index in [4.69, 9.17) is 9.84 Å². The van der Waals surface area contributed by atoms with Crippen molar-refractivity contribution in [3.63, 3.8) is 0 Å². The van der Waals surface area contributed by atoms with Crippen molar-refractivity contribution in [3.05, 3.63) is 46.8 Å². The molecule has 0 bridgehead atoms. The molecule has 2 aliphatic rings. The quantitative estimate of drug-likeness (QED) is 0.795. The molecule has 0 atom stereocenters. The van der Waals surface area contributed by atoms with E-state index >= 15 is 0 Å². The molecule has 2 amide bonds. The molecule has 1 saturated heterocycles. The molecule has 2 aromatic rings. The molecule has 31 heavy (non-hydrogen) atoms. The van der Waals surface area contributed by atoms with Gasteiger partial charge in [0.05, 0.1) is 18.9 Å². The van der Waals surface area contributed by atoms with Gasteiger partial charge in [-0.15, -0.1) is 0 Å². The lowest BCUT2D eigenvalue weighted by Gasteiger charge is -2.22. The normalized spacial score (nSPS) is 17.2. The van der Waals surface area contributed by atoms with Gasteiger partial charge in [0.15, 0.2) is 0 Å². The van der Waals surface area contributed by atoms with Gasteiger partial charge in [-0.05, 0) is 31.5 Å². The molecule has 0 aliphatic carbocycles. The summed E-state index contributed by atoms with van der Waals surface area (Å²) in [6.07, 6.45) is 1.85. The predicted molar refractivity (Wildman–Crippen MR) is 118 cm³/mol. The summed E-state index contributed by atoms with van der Waals surface area (Å²) in [6, 6.07) is 7.15. The number of anilines is 1. The van der Waals surface area contributed by atoms with Crippen LogP contribution in [0.4, 0.5) is 5.69 Å². The van der Waals surface area contributed by atoms with Crippen LogP contribution >= 0.6 is 0 Å². The van der Waals surface area contributed by atoms with E-state index < -0.39 is 0 Å². The second-order valence-corrected chi connectivity index (χ2v) is 8.17. The number of aryl methyl sites for hydroxylation is 1. The first-order chi connectivity index (χ1) is 15.0. The Balaban J connectivity index is 1.41. The van der Waals surface area contributed by atoms with Gasteiger partial charge in [-0.2, -0.15) is 5.10 Å². The van der Waals surface area contributed by atoms with Crippen LogP contribution in [0.2, 0.25) is 0 Å². The number of hydrogen-bond donors (Lipinski definition) is 1. The maximum atomic E-state index is 13.1. The molecule has 3 heterocycles. The molecule has 8 heteroatoms. The van der Waals surface area contributed by atoms with Crippen molar-refractivity contribution in [1.82, 2.24) is 19.6 Å². The lowest BCUT2D eigenvalue weighted by molar-refractivity contribution is -0.114. The highest BCUT2D eigenvalue weighted by Gasteiger charge is 2.25. The number of carbonyl (C=O) groups is 2. The summed E-state index contributed by atoms with van der Waals surface area (Å²) < 4.78 is 7.80. The van der Waals surface area contributed by atoms with E-state index in [9.17, 15) is 9.59 Å². The third-order valence-corrected chi connectivity index (χ3v) is 5.96. The fraction of sp³-hybridized carbons (Fsp3) is 0.522. The number of carbonyl (C=O) groups excluding carboxylic acids is 2. The molecule has 1 fully saturated rings. The third kappa shape index (κ3) is 4.97. The van der Waals surface area contributed by atoms with E-state index in [0.717, 1.165) is 57.9 Å². The van der Waals surface area contributed by atoms with Gasteiger partial charge >= 0.3 is 0 Å². The van der Waals surface area contributed by atoms with Gasteiger partial charge in [0.1, 0.15) is 0 Å². The van der Waals surface area contributed by atoms with Crippen LogP contribution in [-0.4, -0.2) is 64.2 Å². The van der Waals surface area contributed by atoms with Gasteiger partial charge in [-0.1, -0.05) is 6.07 Å². The first-order valence-corrected chi connectivity index (χ1v) is 11.1. The third-order valence-electron chi connectivity index (χ3n) is 5.96. The zero-order valence-corrected chi connectivity index (χ0v) is 18.4. The molecule has 166 valence electrons. The monoisotopic (exact) mass is 425 g/mol. The number of ether oxygens (including phenoxy) is 1. The van der Waals surface area contributed by atoms with Gasteiger partial charge < -0.3 is 15.0 Å². The number of aromatic nitrogens is 2. The van der Waals surface area contributed by atoms with Crippen molar-refractivity contribution < 1.29 is 14.3 Å². The van der Waals surface area contributed by atoms with Gasteiger partial charge in [-0.25, -0.2) is 0 Å². The summed E-state index contributed by atoms with van der Waals surface area (Å²) in [5, 5.41) is 7.59. The first-order valence-electron chi connectivity index (χ1n) is 11.1. The Hall–Kier alpha value is -2.71.